The van der Waals surface area contributed by atoms with Gasteiger partial charge >= 0.3 is 0 Å². The Bertz CT molecular complexity index is 326. The predicted octanol–water partition coefficient (Wildman–Crippen LogP) is 2.99. The molecule has 1 saturated carbocycles. The van der Waals surface area contributed by atoms with Crippen LogP contribution in [0.2, 0.25) is 0 Å². The molecule has 90 valence electrons. The Morgan fingerprint density at radius 3 is 2.62 bits per heavy atom. The van der Waals surface area contributed by atoms with Crippen molar-refractivity contribution in [2.24, 2.45) is 5.92 Å². The van der Waals surface area contributed by atoms with Gasteiger partial charge in [0.05, 0.1) is 5.69 Å². The number of rotatable bonds is 3. The Morgan fingerprint density at radius 2 is 2.06 bits per heavy atom. The SMILES string of the molecule is Cc1cc(CN(C)C2CCC(C)CC2)no1. The fourth-order valence-electron chi connectivity index (χ4n) is 2.56. The van der Waals surface area contributed by atoms with Crippen molar-refractivity contribution in [2.45, 2.75) is 52.1 Å². The van der Waals surface area contributed by atoms with E-state index in [4.69, 9.17) is 4.52 Å². The molecule has 0 aromatic carbocycles. The van der Waals surface area contributed by atoms with Gasteiger partial charge in [0.25, 0.3) is 0 Å². The average molecular weight is 222 g/mol. The van der Waals surface area contributed by atoms with Crippen LogP contribution in [0.15, 0.2) is 10.6 Å². The molecule has 0 N–H and O–H groups in total. The zero-order valence-corrected chi connectivity index (χ0v) is 10.6. The van der Waals surface area contributed by atoms with Crippen LogP contribution in [0.1, 0.15) is 44.1 Å². The largest absolute Gasteiger partial charge is 0.361 e. The fourth-order valence-corrected chi connectivity index (χ4v) is 2.56. The van der Waals surface area contributed by atoms with E-state index in [1.807, 2.05) is 13.0 Å². The van der Waals surface area contributed by atoms with Gasteiger partial charge in [-0.1, -0.05) is 12.1 Å². The van der Waals surface area contributed by atoms with E-state index in [-0.39, 0.29) is 0 Å². The fraction of sp³-hybridized carbons (Fsp3) is 0.769. The smallest absolute Gasteiger partial charge is 0.133 e. The Morgan fingerprint density at radius 1 is 1.38 bits per heavy atom. The highest BCUT2D eigenvalue weighted by Gasteiger charge is 2.22. The highest BCUT2D eigenvalue weighted by Crippen LogP contribution is 2.27. The van der Waals surface area contributed by atoms with Crippen molar-refractivity contribution in [3.05, 3.63) is 17.5 Å². The van der Waals surface area contributed by atoms with Crippen molar-refractivity contribution in [3.8, 4) is 0 Å². The maximum atomic E-state index is 5.09. The van der Waals surface area contributed by atoms with Crippen LogP contribution in [0.4, 0.5) is 0 Å². The van der Waals surface area contributed by atoms with Gasteiger partial charge in [-0.15, -0.1) is 0 Å². The summed E-state index contributed by atoms with van der Waals surface area (Å²) in [6.45, 7) is 5.21. The van der Waals surface area contributed by atoms with E-state index in [0.717, 1.165) is 30.0 Å². The Labute approximate surface area is 97.8 Å². The highest BCUT2D eigenvalue weighted by molar-refractivity contribution is 5.03. The summed E-state index contributed by atoms with van der Waals surface area (Å²) in [5, 5.41) is 4.05. The maximum Gasteiger partial charge on any atom is 0.133 e. The van der Waals surface area contributed by atoms with Crippen molar-refractivity contribution >= 4 is 0 Å². The van der Waals surface area contributed by atoms with E-state index >= 15 is 0 Å². The summed E-state index contributed by atoms with van der Waals surface area (Å²) >= 11 is 0. The van der Waals surface area contributed by atoms with Gasteiger partial charge in [0, 0.05) is 18.7 Å². The molecular weight excluding hydrogens is 200 g/mol. The van der Waals surface area contributed by atoms with Gasteiger partial charge in [-0.25, -0.2) is 0 Å². The maximum absolute atomic E-state index is 5.09. The third kappa shape index (κ3) is 2.85. The quantitative estimate of drug-likeness (QED) is 0.787. The molecule has 0 spiro atoms. The predicted molar refractivity (Wildman–Crippen MR) is 64.1 cm³/mol. The molecule has 1 aromatic rings. The van der Waals surface area contributed by atoms with Gasteiger partial charge in [0.2, 0.25) is 0 Å². The summed E-state index contributed by atoms with van der Waals surface area (Å²) in [5.74, 6) is 1.82. The molecule has 0 atom stereocenters. The molecule has 0 aliphatic heterocycles. The molecule has 1 aliphatic rings. The van der Waals surface area contributed by atoms with Crippen molar-refractivity contribution < 1.29 is 4.52 Å². The normalized spacial score (nSPS) is 26.2. The standard InChI is InChI=1S/C13H22N2O/c1-10-4-6-13(7-5-10)15(3)9-12-8-11(2)16-14-12/h8,10,13H,4-7,9H2,1-3H3. The van der Waals surface area contributed by atoms with E-state index in [0.29, 0.717) is 0 Å². The lowest BCUT2D eigenvalue weighted by molar-refractivity contribution is 0.160. The molecule has 0 radical (unpaired) electrons. The number of aryl methyl sites for hydroxylation is 1. The molecule has 1 aliphatic carbocycles. The molecule has 0 unspecified atom stereocenters. The van der Waals surface area contributed by atoms with E-state index in [2.05, 4.69) is 24.0 Å². The summed E-state index contributed by atoms with van der Waals surface area (Å²) in [6, 6.07) is 2.76. The lowest BCUT2D eigenvalue weighted by Crippen LogP contribution is -2.34. The first-order valence-electron chi connectivity index (χ1n) is 6.27. The van der Waals surface area contributed by atoms with Gasteiger partial charge in [0.15, 0.2) is 0 Å². The van der Waals surface area contributed by atoms with E-state index in [9.17, 15) is 0 Å². The minimum absolute atomic E-state index is 0.730. The molecule has 0 saturated heterocycles. The summed E-state index contributed by atoms with van der Waals surface area (Å²) in [4.78, 5) is 2.42. The first-order chi connectivity index (χ1) is 7.65. The van der Waals surface area contributed by atoms with Gasteiger partial charge in [-0.3, -0.25) is 4.90 Å². The molecule has 2 rings (SSSR count). The minimum Gasteiger partial charge on any atom is -0.361 e. The van der Waals surface area contributed by atoms with Crippen molar-refractivity contribution in [2.75, 3.05) is 7.05 Å². The molecule has 1 fully saturated rings. The Hall–Kier alpha value is -0.830. The number of aromatic nitrogens is 1. The van der Waals surface area contributed by atoms with Crippen molar-refractivity contribution in [1.82, 2.24) is 10.1 Å². The van der Waals surface area contributed by atoms with Crippen LogP contribution in [0.25, 0.3) is 0 Å². The minimum atomic E-state index is 0.730. The lowest BCUT2D eigenvalue weighted by atomic mass is 9.87. The number of hydrogen-bond acceptors (Lipinski definition) is 3. The molecule has 3 nitrogen and oxygen atoms in total. The van der Waals surface area contributed by atoms with Gasteiger partial charge in [-0.2, -0.15) is 0 Å². The van der Waals surface area contributed by atoms with Crippen LogP contribution in [0.5, 0.6) is 0 Å². The van der Waals surface area contributed by atoms with Gasteiger partial charge in [-0.05, 0) is 45.6 Å². The van der Waals surface area contributed by atoms with Crippen molar-refractivity contribution in [1.29, 1.82) is 0 Å². The third-order valence-electron chi connectivity index (χ3n) is 3.70. The molecule has 0 amide bonds. The first-order valence-corrected chi connectivity index (χ1v) is 6.27. The van der Waals surface area contributed by atoms with Crippen molar-refractivity contribution in [3.63, 3.8) is 0 Å². The molecular formula is C13H22N2O. The zero-order chi connectivity index (χ0) is 11.5. The summed E-state index contributed by atoms with van der Waals surface area (Å²) in [5.41, 5.74) is 1.05. The van der Waals surface area contributed by atoms with Crippen LogP contribution in [-0.4, -0.2) is 23.1 Å². The second-order valence-electron chi connectivity index (χ2n) is 5.26. The summed E-state index contributed by atoms with van der Waals surface area (Å²) in [7, 11) is 2.20. The van der Waals surface area contributed by atoms with Crippen LogP contribution in [-0.2, 0) is 6.54 Å². The topological polar surface area (TPSA) is 29.3 Å². The van der Waals surface area contributed by atoms with E-state index < -0.39 is 0 Å². The molecule has 16 heavy (non-hydrogen) atoms. The molecule has 0 bridgehead atoms. The highest BCUT2D eigenvalue weighted by atomic mass is 16.5. The monoisotopic (exact) mass is 222 g/mol. The van der Waals surface area contributed by atoms with Crippen LogP contribution < -0.4 is 0 Å². The molecule has 1 aromatic heterocycles. The van der Waals surface area contributed by atoms with Crippen LogP contribution in [0, 0.1) is 12.8 Å². The van der Waals surface area contributed by atoms with E-state index in [1.165, 1.54) is 25.7 Å². The molecule has 1 heterocycles. The Kier molecular flexibility index (Phi) is 3.64. The third-order valence-corrected chi connectivity index (χ3v) is 3.70. The number of hydrogen-bond donors (Lipinski definition) is 0. The number of nitrogens with zero attached hydrogens (tertiary/aromatic N) is 2. The van der Waals surface area contributed by atoms with Crippen LogP contribution >= 0.6 is 0 Å². The summed E-state index contributed by atoms with van der Waals surface area (Å²) in [6.07, 6.45) is 5.39. The first kappa shape index (κ1) is 11.6. The zero-order valence-electron chi connectivity index (χ0n) is 10.6. The van der Waals surface area contributed by atoms with Gasteiger partial charge < -0.3 is 4.52 Å². The van der Waals surface area contributed by atoms with Crippen LogP contribution in [0.3, 0.4) is 0 Å². The second-order valence-corrected chi connectivity index (χ2v) is 5.26. The summed E-state index contributed by atoms with van der Waals surface area (Å²) < 4.78 is 5.09. The van der Waals surface area contributed by atoms with Gasteiger partial charge in [0.1, 0.15) is 5.76 Å². The Balaban J connectivity index is 1.85. The lowest BCUT2D eigenvalue weighted by Gasteiger charge is -2.33. The second kappa shape index (κ2) is 5.00. The molecule has 3 heteroatoms. The van der Waals surface area contributed by atoms with E-state index in [1.54, 1.807) is 0 Å². The average Bonchev–Trinajstić information content (AvgIpc) is 2.65.